The molecule has 5 aromatic rings. The minimum Gasteiger partial charge on any atom is -0.225 e. The summed E-state index contributed by atoms with van der Waals surface area (Å²) in [7, 11) is 0. The van der Waals surface area contributed by atoms with Gasteiger partial charge in [-0.1, -0.05) is 96.5 Å². The van der Waals surface area contributed by atoms with Crippen molar-refractivity contribution in [3.8, 4) is 47.4 Å². The molecule has 2 nitrogen and oxygen atoms in total. The number of aromatic nitrogens is 2. The third-order valence-electron chi connectivity index (χ3n) is 5.29. The maximum atomic E-state index is 4.81. The summed E-state index contributed by atoms with van der Waals surface area (Å²) in [6.45, 7) is 0. The molecule has 0 N–H and O–H groups in total. The lowest BCUT2D eigenvalue weighted by molar-refractivity contribution is 1.10. The zero-order valence-electron chi connectivity index (χ0n) is 20.4. The fourth-order valence-electron chi connectivity index (χ4n) is 3.40. The molecule has 38 heavy (non-hydrogen) atoms. The van der Waals surface area contributed by atoms with Crippen molar-refractivity contribution in [3.05, 3.63) is 166 Å². The van der Waals surface area contributed by atoms with Crippen LogP contribution < -0.4 is 0 Å². The molecule has 1 heterocycles. The topological polar surface area (TPSA) is 25.8 Å². The van der Waals surface area contributed by atoms with Crippen molar-refractivity contribution in [1.82, 2.24) is 9.97 Å². The monoisotopic (exact) mass is 480 g/mol. The summed E-state index contributed by atoms with van der Waals surface area (Å²) in [6, 6.07) is 39.0. The maximum absolute atomic E-state index is 4.81. The normalized spacial score (nSPS) is 9.26. The van der Waals surface area contributed by atoms with E-state index < -0.39 is 0 Å². The molecule has 0 unspecified atom stereocenters. The Morgan fingerprint density at radius 1 is 0.263 bits per heavy atom. The van der Waals surface area contributed by atoms with E-state index in [9.17, 15) is 0 Å². The van der Waals surface area contributed by atoms with Crippen LogP contribution in [0.4, 0.5) is 0 Å². The first-order valence-corrected chi connectivity index (χ1v) is 12.0. The Morgan fingerprint density at radius 2 is 0.474 bits per heavy atom. The first-order valence-electron chi connectivity index (χ1n) is 12.0. The highest BCUT2D eigenvalue weighted by Gasteiger charge is 2.09. The van der Waals surface area contributed by atoms with Gasteiger partial charge in [0.05, 0.1) is 0 Å². The van der Waals surface area contributed by atoms with Crippen molar-refractivity contribution in [2.24, 2.45) is 0 Å². The number of hydrogen-bond donors (Lipinski definition) is 0. The van der Waals surface area contributed by atoms with Crippen LogP contribution in [0, 0.1) is 47.4 Å². The fraction of sp³-hybridized carbons (Fsp3) is 0. The third kappa shape index (κ3) is 6.66. The van der Waals surface area contributed by atoms with E-state index in [1.165, 1.54) is 0 Å². The molecule has 1 aromatic heterocycles. The second kappa shape index (κ2) is 12.2. The minimum atomic E-state index is 0.458. The third-order valence-corrected chi connectivity index (χ3v) is 5.29. The Balaban J connectivity index is 1.67. The van der Waals surface area contributed by atoms with Crippen LogP contribution in [0.25, 0.3) is 0 Å². The molecule has 0 bridgehead atoms. The lowest BCUT2D eigenvalue weighted by Gasteiger charge is -2.01. The first kappa shape index (κ1) is 23.9. The number of rotatable bonds is 0. The zero-order chi connectivity index (χ0) is 25.8. The second-order valence-corrected chi connectivity index (χ2v) is 8.08. The van der Waals surface area contributed by atoms with Gasteiger partial charge in [0.25, 0.3) is 0 Å². The van der Waals surface area contributed by atoms with Gasteiger partial charge in [-0.05, 0) is 72.2 Å². The Labute approximate surface area is 223 Å². The van der Waals surface area contributed by atoms with Crippen LogP contribution in [0.2, 0.25) is 0 Å². The fourth-order valence-corrected chi connectivity index (χ4v) is 3.40. The predicted molar refractivity (Wildman–Crippen MR) is 152 cm³/mol. The number of nitrogens with zero attached hydrogens (tertiary/aromatic N) is 2. The van der Waals surface area contributed by atoms with E-state index >= 15 is 0 Å². The molecule has 4 aromatic carbocycles. The first-order chi connectivity index (χ1) is 18.8. The van der Waals surface area contributed by atoms with Crippen molar-refractivity contribution in [1.29, 1.82) is 0 Å². The molecule has 0 fully saturated rings. The van der Waals surface area contributed by atoms with Crippen LogP contribution >= 0.6 is 0 Å². The molecule has 174 valence electrons. The van der Waals surface area contributed by atoms with E-state index in [1.54, 1.807) is 0 Å². The lowest BCUT2D eigenvalue weighted by Crippen LogP contribution is -2.03. The van der Waals surface area contributed by atoms with Crippen LogP contribution in [-0.4, -0.2) is 9.97 Å². The van der Waals surface area contributed by atoms with Gasteiger partial charge in [-0.25, -0.2) is 9.97 Å². The van der Waals surface area contributed by atoms with E-state index in [0.717, 1.165) is 22.3 Å². The summed E-state index contributed by atoms with van der Waals surface area (Å²) < 4.78 is 0. The largest absolute Gasteiger partial charge is 0.225 e. The summed E-state index contributed by atoms with van der Waals surface area (Å²) in [4.78, 5) is 9.63. The molecule has 2 heteroatoms. The molecule has 0 aliphatic rings. The number of benzene rings is 4. The Hall–Kier alpha value is -5.80. The zero-order valence-corrected chi connectivity index (χ0v) is 20.4. The van der Waals surface area contributed by atoms with Gasteiger partial charge < -0.3 is 0 Å². The SMILES string of the molecule is C(#Cc1nc(C#Cc2ccccc2)c(C#Cc2ccccc2)nc1C#Cc1ccccc1)c1ccccc1. The summed E-state index contributed by atoms with van der Waals surface area (Å²) in [5.41, 5.74) is 5.34. The molecule has 0 saturated carbocycles. The molecular formula is C36H20N2. The Bertz CT molecular complexity index is 1520. The van der Waals surface area contributed by atoms with Gasteiger partial charge in [0, 0.05) is 22.3 Å². The van der Waals surface area contributed by atoms with Crippen LogP contribution in [0.1, 0.15) is 45.0 Å². The van der Waals surface area contributed by atoms with Crippen LogP contribution in [0.3, 0.4) is 0 Å². The molecule has 0 aliphatic heterocycles. The summed E-state index contributed by atoms with van der Waals surface area (Å²) in [5.74, 6) is 25.3. The van der Waals surface area contributed by atoms with Gasteiger partial charge in [-0.15, -0.1) is 0 Å². The van der Waals surface area contributed by atoms with E-state index in [0.29, 0.717) is 22.8 Å². The van der Waals surface area contributed by atoms with Gasteiger partial charge in [0.2, 0.25) is 0 Å². The molecule has 0 saturated heterocycles. The molecule has 0 amide bonds. The van der Waals surface area contributed by atoms with Crippen molar-refractivity contribution >= 4 is 0 Å². The molecule has 0 radical (unpaired) electrons. The average Bonchev–Trinajstić information content (AvgIpc) is 2.99. The van der Waals surface area contributed by atoms with Gasteiger partial charge in [0.1, 0.15) is 22.8 Å². The maximum Gasteiger partial charge on any atom is 0.149 e. The molecule has 0 aliphatic carbocycles. The van der Waals surface area contributed by atoms with E-state index in [2.05, 4.69) is 47.4 Å². The van der Waals surface area contributed by atoms with Gasteiger partial charge in [0.15, 0.2) is 0 Å². The highest BCUT2D eigenvalue weighted by molar-refractivity contribution is 5.55. The molecule has 5 rings (SSSR count). The van der Waals surface area contributed by atoms with Crippen LogP contribution in [0.5, 0.6) is 0 Å². The minimum absolute atomic E-state index is 0.458. The van der Waals surface area contributed by atoms with Gasteiger partial charge >= 0.3 is 0 Å². The predicted octanol–water partition coefficient (Wildman–Crippen LogP) is 6.08. The standard InChI is InChI=1S/C36H20N2/c1-5-13-29(14-6-1)21-25-33-34(26-22-30-15-7-2-8-16-30)38-36(28-24-32-19-11-4-12-20-32)35(37-33)27-23-31-17-9-3-10-18-31/h1-20H. The van der Waals surface area contributed by atoms with E-state index in [-0.39, 0.29) is 0 Å². The molecule has 0 atom stereocenters. The van der Waals surface area contributed by atoms with Crippen molar-refractivity contribution in [2.45, 2.75) is 0 Å². The van der Waals surface area contributed by atoms with Gasteiger partial charge in [-0.2, -0.15) is 0 Å². The second-order valence-electron chi connectivity index (χ2n) is 8.08. The highest BCUT2D eigenvalue weighted by Crippen LogP contribution is 2.10. The van der Waals surface area contributed by atoms with Gasteiger partial charge in [-0.3, -0.25) is 0 Å². The van der Waals surface area contributed by atoms with Crippen LogP contribution in [-0.2, 0) is 0 Å². The van der Waals surface area contributed by atoms with Crippen molar-refractivity contribution in [2.75, 3.05) is 0 Å². The number of hydrogen-bond acceptors (Lipinski definition) is 2. The Morgan fingerprint density at radius 3 is 0.684 bits per heavy atom. The molecule has 0 spiro atoms. The smallest absolute Gasteiger partial charge is 0.149 e. The summed E-state index contributed by atoms with van der Waals surface area (Å²) in [5, 5.41) is 0. The van der Waals surface area contributed by atoms with E-state index in [4.69, 9.17) is 9.97 Å². The van der Waals surface area contributed by atoms with Crippen LogP contribution in [0.15, 0.2) is 121 Å². The van der Waals surface area contributed by atoms with Crippen molar-refractivity contribution < 1.29 is 0 Å². The lowest BCUT2D eigenvalue weighted by atomic mass is 10.1. The Kier molecular flexibility index (Phi) is 7.71. The summed E-state index contributed by atoms with van der Waals surface area (Å²) in [6.07, 6.45) is 0. The average molecular weight is 481 g/mol. The van der Waals surface area contributed by atoms with E-state index in [1.807, 2.05) is 121 Å². The quantitative estimate of drug-likeness (QED) is 0.251. The summed E-state index contributed by atoms with van der Waals surface area (Å²) >= 11 is 0. The molecular weight excluding hydrogens is 460 g/mol. The van der Waals surface area contributed by atoms with Crippen molar-refractivity contribution in [3.63, 3.8) is 0 Å². The highest BCUT2D eigenvalue weighted by atomic mass is 14.8.